The van der Waals surface area contributed by atoms with E-state index < -0.39 is 5.41 Å². The molecule has 0 saturated carbocycles. The van der Waals surface area contributed by atoms with Gasteiger partial charge in [-0.15, -0.1) is 0 Å². The Morgan fingerprint density at radius 3 is 2.03 bits per heavy atom. The summed E-state index contributed by atoms with van der Waals surface area (Å²) in [7, 11) is 0. The molecular weight excluding hydrogens is 709 g/mol. The van der Waals surface area contributed by atoms with Gasteiger partial charge in [0.25, 0.3) is 0 Å². The lowest BCUT2D eigenvalue weighted by atomic mass is 9.67. The molecule has 270 valence electrons. The smallest absolute Gasteiger partial charge is 0.248 e. The maximum atomic E-state index is 6.60. The number of hydrogen-bond donors (Lipinski definition) is 0. The van der Waals surface area contributed by atoms with Crippen LogP contribution in [0.25, 0.3) is 88.4 Å². The lowest BCUT2D eigenvalue weighted by Gasteiger charge is -2.34. The minimum absolute atomic E-state index is 0.586. The molecular formula is C53H32N4O. The molecule has 5 heteroatoms. The first kappa shape index (κ1) is 31.4. The second-order valence-electron chi connectivity index (χ2n) is 15.3. The fraction of sp³-hybridized carbons (Fsp3) is 0.0189. The number of nitrogens with zero attached hydrogens (tertiary/aromatic N) is 4. The van der Waals surface area contributed by atoms with E-state index in [0.717, 1.165) is 38.9 Å². The molecule has 0 atom stereocenters. The SMILES string of the molecule is c1ccc(C2(c3ccccc3)c3cc(-c4cccc5c4oc4nc6cccnn6c45)ccc3-c3ccc(-n4c5ccccc5c5c6ccccc6ccc54)cc32)cc1. The maximum absolute atomic E-state index is 6.60. The van der Waals surface area contributed by atoms with E-state index in [1.54, 1.807) is 6.20 Å². The summed E-state index contributed by atoms with van der Waals surface area (Å²) in [5.74, 6) is 0. The number of rotatable bonds is 4. The van der Waals surface area contributed by atoms with Gasteiger partial charge in [0.15, 0.2) is 5.65 Å². The normalized spacial score (nSPS) is 13.3. The highest BCUT2D eigenvalue weighted by Crippen LogP contribution is 2.57. The molecule has 0 unspecified atom stereocenters. The van der Waals surface area contributed by atoms with Crippen LogP contribution in [0.15, 0.2) is 199 Å². The molecule has 0 spiro atoms. The van der Waals surface area contributed by atoms with Crippen molar-refractivity contribution in [2.24, 2.45) is 0 Å². The predicted molar refractivity (Wildman–Crippen MR) is 235 cm³/mol. The van der Waals surface area contributed by atoms with Crippen molar-refractivity contribution in [2.45, 2.75) is 5.41 Å². The number of para-hydroxylation sites is 2. The van der Waals surface area contributed by atoms with Crippen LogP contribution in [0.2, 0.25) is 0 Å². The first-order valence-electron chi connectivity index (χ1n) is 19.7. The van der Waals surface area contributed by atoms with Crippen molar-refractivity contribution in [1.82, 2.24) is 19.2 Å². The lowest BCUT2D eigenvalue weighted by molar-refractivity contribution is 0.658. The van der Waals surface area contributed by atoms with E-state index in [0.29, 0.717) is 5.71 Å². The number of imidazole rings is 1. The van der Waals surface area contributed by atoms with Gasteiger partial charge in [-0.05, 0) is 98.2 Å². The molecule has 0 N–H and O–H groups in total. The third-order valence-electron chi connectivity index (χ3n) is 12.5. The molecule has 13 rings (SSSR count). The van der Waals surface area contributed by atoms with Crippen LogP contribution in [0.3, 0.4) is 0 Å². The molecule has 0 radical (unpaired) electrons. The second-order valence-corrected chi connectivity index (χ2v) is 15.3. The summed E-state index contributed by atoms with van der Waals surface area (Å²) in [6.07, 6.45) is 1.79. The van der Waals surface area contributed by atoms with Gasteiger partial charge >= 0.3 is 0 Å². The Bertz CT molecular complexity index is 3590. The number of fused-ring (bicyclic) bond motifs is 13. The number of furan rings is 1. The Morgan fingerprint density at radius 2 is 1.21 bits per heavy atom. The molecule has 1 aliphatic carbocycles. The minimum Gasteiger partial charge on any atom is -0.436 e. The molecule has 0 fully saturated rings. The summed E-state index contributed by atoms with van der Waals surface area (Å²) in [5.41, 5.74) is 15.5. The van der Waals surface area contributed by atoms with Crippen molar-refractivity contribution >= 4 is 60.4 Å². The van der Waals surface area contributed by atoms with Gasteiger partial charge in [-0.3, -0.25) is 0 Å². The van der Waals surface area contributed by atoms with Gasteiger partial charge < -0.3 is 8.98 Å². The van der Waals surface area contributed by atoms with Crippen LogP contribution < -0.4 is 0 Å². The van der Waals surface area contributed by atoms with Gasteiger partial charge in [-0.2, -0.15) is 10.1 Å². The van der Waals surface area contributed by atoms with Gasteiger partial charge in [0.05, 0.1) is 16.4 Å². The summed E-state index contributed by atoms with van der Waals surface area (Å²) in [5, 5.41) is 10.7. The van der Waals surface area contributed by atoms with Gasteiger partial charge in [0.1, 0.15) is 11.1 Å². The van der Waals surface area contributed by atoms with Crippen LogP contribution in [0, 0.1) is 0 Å². The van der Waals surface area contributed by atoms with Crippen molar-refractivity contribution in [3.8, 4) is 27.9 Å². The van der Waals surface area contributed by atoms with Crippen molar-refractivity contribution in [1.29, 1.82) is 0 Å². The third-order valence-corrected chi connectivity index (χ3v) is 12.5. The molecule has 4 heterocycles. The second kappa shape index (κ2) is 11.6. The Labute approximate surface area is 332 Å². The largest absolute Gasteiger partial charge is 0.436 e. The van der Waals surface area contributed by atoms with Gasteiger partial charge in [0, 0.05) is 33.6 Å². The predicted octanol–water partition coefficient (Wildman–Crippen LogP) is 12.9. The maximum Gasteiger partial charge on any atom is 0.248 e. The lowest BCUT2D eigenvalue weighted by Crippen LogP contribution is -2.28. The monoisotopic (exact) mass is 740 g/mol. The topological polar surface area (TPSA) is 48.3 Å². The zero-order valence-corrected chi connectivity index (χ0v) is 31.2. The van der Waals surface area contributed by atoms with E-state index in [1.807, 2.05) is 16.6 Å². The fourth-order valence-electron chi connectivity index (χ4n) is 10.1. The van der Waals surface area contributed by atoms with Gasteiger partial charge in [0.2, 0.25) is 5.71 Å². The molecule has 8 aromatic carbocycles. The van der Waals surface area contributed by atoms with E-state index in [4.69, 9.17) is 9.40 Å². The zero-order chi connectivity index (χ0) is 38.0. The van der Waals surface area contributed by atoms with E-state index in [9.17, 15) is 0 Å². The molecule has 4 aromatic heterocycles. The van der Waals surface area contributed by atoms with Crippen molar-refractivity contribution in [3.63, 3.8) is 0 Å². The van der Waals surface area contributed by atoms with Crippen molar-refractivity contribution < 1.29 is 4.42 Å². The highest BCUT2D eigenvalue weighted by Gasteiger charge is 2.46. The standard InChI is InChI=1S/C53H32N4O/c1-3-14-35(15-4-1)53(36-16-5-2-6-17-36)44-31-34(39-20-11-21-43-50-52(58-51(39)43)55-48-23-12-30-54-57(48)50)24-27-40(44)41-28-26-37(32-45(41)53)56-46-22-10-9-19-42(46)49-38-18-8-7-13-33(38)25-29-47(49)56/h1-32H. The molecule has 0 aliphatic heterocycles. The quantitative estimate of drug-likeness (QED) is 0.180. The van der Waals surface area contributed by atoms with Crippen LogP contribution in [0.1, 0.15) is 22.3 Å². The van der Waals surface area contributed by atoms with Gasteiger partial charge in [-0.1, -0.05) is 140 Å². The third kappa shape index (κ3) is 4.09. The van der Waals surface area contributed by atoms with E-state index in [1.165, 1.54) is 66.0 Å². The van der Waals surface area contributed by atoms with E-state index >= 15 is 0 Å². The van der Waals surface area contributed by atoms with Crippen LogP contribution in [0.5, 0.6) is 0 Å². The van der Waals surface area contributed by atoms with Crippen molar-refractivity contribution in [3.05, 3.63) is 217 Å². The summed E-state index contributed by atoms with van der Waals surface area (Å²) in [4.78, 5) is 4.79. The first-order chi connectivity index (χ1) is 28.8. The summed E-state index contributed by atoms with van der Waals surface area (Å²) < 4.78 is 10.9. The summed E-state index contributed by atoms with van der Waals surface area (Å²) in [6, 6.07) is 68.5. The Balaban J connectivity index is 1.10. The van der Waals surface area contributed by atoms with Crippen LogP contribution in [-0.4, -0.2) is 19.2 Å². The van der Waals surface area contributed by atoms with E-state index in [2.05, 4.69) is 186 Å². The highest BCUT2D eigenvalue weighted by molar-refractivity contribution is 6.21. The number of benzene rings is 8. The average Bonchev–Trinajstić information content (AvgIpc) is 4.02. The van der Waals surface area contributed by atoms with Crippen LogP contribution >= 0.6 is 0 Å². The Kier molecular flexibility index (Phi) is 6.31. The Morgan fingerprint density at radius 1 is 0.500 bits per heavy atom. The molecule has 12 aromatic rings. The Hall–Kier alpha value is -7.76. The molecule has 58 heavy (non-hydrogen) atoms. The van der Waals surface area contributed by atoms with Crippen LogP contribution in [-0.2, 0) is 5.41 Å². The molecule has 1 aliphatic rings. The van der Waals surface area contributed by atoms with Crippen LogP contribution in [0.4, 0.5) is 0 Å². The summed E-state index contributed by atoms with van der Waals surface area (Å²) >= 11 is 0. The summed E-state index contributed by atoms with van der Waals surface area (Å²) in [6.45, 7) is 0. The van der Waals surface area contributed by atoms with Crippen molar-refractivity contribution in [2.75, 3.05) is 0 Å². The number of hydrogen-bond acceptors (Lipinski definition) is 3. The fourth-order valence-corrected chi connectivity index (χ4v) is 10.1. The van der Waals surface area contributed by atoms with E-state index in [-0.39, 0.29) is 0 Å². The molecule has 0 bridgehead atoms. The average molecular weight is 741 g/mol. The molecule has 0 saturated heterocycles. The zero-order valence-electron chi connectivity index (χ0n) is 31.2. The highest BCUT2D eigenvalue weighted by atomic mass is 16.3. The number of aromatic nitrogens is 4. The van der Waals surface area contributed by atoms with Gasteiger partial charge in [-0.25, -0.2) is 4.52 Å². The first-order valence-corrected chi connectivity index (χ1v) is 19.7. The molecule has 5 nitrogen and oxygen atoms in total. The minimum atomic E-state index is -0.614. The molecule has 0 amide bonds.